The van der Waals surface area contributed by atoms with Crippen LogP contribution in [-0.2, 0) is 19.1 Å². The lowest BCUT2D eigenvalue weighted by Crippen LogP contribution is -2.55. The molecule has 20 heavy (non-hydrogen) atoms. The predicted octanol–water partition coefficient (Wildman–Crippen LogP) is 1.47. The van der Waals surface area contributed by atoms with Crippen LogP contribution in [0.15, 0.2) is 0 Å². The molecule has 5 heteroatoms. The minimum absolute atomic E-state index is 0.0480. The molecule has 0 aromatic heterocycles. The highest BCUT2D eigenvalue weighted by atomic mass is 16.5. The third-order valence-corrected chi connectivity index (χ3v) is 4.55. The van der Waals surface area contributed by atoms with E-state index >= 15 is 0 Å². The van der Waals surface area contributed by atoms with Crippen LogP contribution in [0.3, 0.4) is 0 Å². The zero-order valence-corrected chi connectivity index (χ0v) is 12.1. The number of aliphatic hydroxyl groups excluding tert-OH is 1. The largest absolute Gasteiger partial charge is 0.465 e. The molecule has 1 saturated heterocycles. The Kier molecular flexibility index (Phi) is 5.16. The van der Waals surface area contributed by atoms with Crippen molar-refractivity contribution in [2.24, 2.45) is 11.3 Å². The van der Waals surface area contributed by atoms with Crippen LogP contribution in [0, 0.1) is 11.3 Å². The van der Waals surface area contributed by atoms with Crippen molar-refractivity contribution in [3.05, 3.63) is 0 Å². The van der Waals surface area contributed by atoms with Gasteiger partial charge in [0.15, 0.2) is 11.2 Å². The average molecular weight is 284 g/mol. The average Bonchev–Trinajstić information content (AvgIpc) is 2.65. The molecule has 1 saturated carbocycles. The molecule has 2 aliphatic rings. The van der Waals surface area contributed by atoms with Gasteiger partial charge in [-0.2, -0.15) is 0 Å². The number of ether oxygens (including phenoxy) is 2. The first kappa shape index (κ1) is 15.4. The Labute approximate surface area is 119 Å². The van der Waals surface area contributed by atoms with E-state index < -0.39 is 17.5 Å². The molecule has 114 valence electrons. The van der Waals surface area contributed by atoms with Gasteiger partial charge in [-0.3, -0.25) is 9.59 Å². The maximum absolute atomic E-state index is 12.5. The van der Waals surface area contributed by atoms with Gasteiger partial charge in [-0.25, -0.2) is 0 Å². The maximum atomic E-state index is 12.5. The molecular formula is C15H24O5. The van der Waals surface area contributed by atoms with E-state index in [1.54, 1.807) is 6.92 Å². The summed E-state index contributed by atoms with van der Waals surface area (Å²) < 4.78 is 10.6. The molecule has 0 spiro atoms. The van der Waals surface area contributed by atoms with Crippen molar-refractivity contribution in [2.75, 3.05) is 19.8 Å². The monoisotopic (exact) mass is 284 g/mol. The second kappa shape index (κ2) is 6.68. The summed E-state index contributed by atoms with van der Waals surface area (Å²) in [6.07, 6.45) is 3.80. The molecule has 0 aromatic carbocycles. The van der Waals surface area contributed by atoms with Crippen molar-refractivity contribution < 1.29 is 24.2 Å². The van der Waals surface area contributed by atoms with E-state index in [9.17, 15) is 14.7 Å². The Morgan fingerprint density at radius 3 is 2.85 bits per heavy atom. The highest BCUT2D eigenvalue weighted by molar-refractivity contribution is 6.05. The Bertz CT molecular complexity index is 367. The zero-order valence-electron chi connectivity index (χ0n) is 12.1. The van der Waals surface area contributed by atoms with Gasteiger partial charge in [0.25, 0.3) is 0 Å². The molecule has 2 fully saturated rings. The number of rotatable bonds is 3. The molecule has 5 nitrogen and oxygen atoms in total. The van der Waals surface area contributed by atoms with Crippen molar-refractivity contribution in [1.29, 1.82) is 0 Å². The molecule has 1 aliphatic heterocycles. The molecule has 1 N–H and O–H groups in total. The van der Waals surface area contributed by atoms with Gasteiger partial charge < -0.3 is 14.6 Å². The van der Waals surface area contributed by atoms with E-state index in [0.717, 1.165) is 19.3 Å². The number of carbonyl (C=O) groups is 2. The first-order valence-electron chi connectivity index (χ1n) is 7.59. The quantitative estimate of drug-likeness (QED) is 0.482. The number of aliphatic hydroxyl groups is 1. The topological polar surface area (TPSA) is 72.8 Å². The third-order valence-electron chi connectivity index (χ3n) is 4.55. The second-order valence-corrected chi connectivity index (χ2v) is 5.73. The van der Waals surface area contributed by atoms with Gasteiger partial charge in [-0.15, -0.1) is 0 Å². The Balaban J connectivity index is 2.33. The van der Waals surface area contributed by atoms with E-state index in [-0.39, 0.29) is 31.3 Å². The summed E-state index contributed by atoms with van der Waals surface area (Å²) in [7, 11) is 0. The van der Waals surface area contributed by atoms with Crippen LogP contribution < -0.4 is 0 Å². The minimum atomic E-state index is -1.29. The van der Waals surface area contributed by atoms with Crippen LogP contribution >= 0.6 is 0 Å². The smallest absolute Gasteiger partial charge is 0.322 e. The summed E-state index contributed by atoms with van der Waals surface area (Å²) >= 11 is 0. The minimum Gasteiger partial charge on any atom is -0.465 e. The van der Waals surface area contributed by atoms with Crippen LogP contribution in [0.2, 0.25) is 0 Å². The van der Waals surface area contributed by atoms with Gasteiger partial charge in [0.2, 0.25) is 0 Å². The number of ketones is 1. The van der Waals surface area contributed by atoms with E-state index in [1.807, 2.05) is 0 Å². The first-order valence-corrected chi connectivity index (χ1v) is 7.59. The lowest BCUT2D eigenvalue weighted by atomic mass is 9.66. The van der Waals surface area contributed by atoms with Crippen LogP contribution in [0.5, 0.6) is 0 Å². The lowest BCUT2D eigenvalue weighted by molar-refractivity contribution is -0.180. The Morgan fingerprint density at radius 1 is 1.40 bits per heavy atom. The summed E-state index contributed by atoms with van der Waals surface area (Å²) in [6.45, 7) is 2.36. The molecule has 0 aromatic rings. The van der Waals surface area contributed by atoms with Gasteiger partial charge >= 0.3 is 5.97 Å². The van der Waals surface area contributed by atoms with Crippen LogP contribution in [0.25, 0.3) is 0 Å². The molecular weight excluding hydrogens is 260 g/mol. The van der Waals surface area contributed by atoms with Gasteiger partial charge in [-0.05, 0) is 19.8 Å². The normalized spacial score (nSPS) is 35.4. The van der Waals surface area contributed by atoms with Crippen molar-refractivity contribution in [3.8, 4) is 0 Å². The molecule has 0 amide bonds. The summed E-state index contributed by atoms with van der Waals surface area (Å²) in [5.74, 6) is -1.03. The second-order valence-electron chi connectivity index (χ2n) is 5.73. The fourth-order valence-corrected chi connectivity index (χ4v) is 3.46. The molecule has 1 aliphatic carbocycles. The van der Waals surface area contributed by atoms with E-state index in [2.05, 4.69) is 0 Å². The predicted molar refractivity (Wildman–Crippen MR) is 72.1 cm³/mol. The van der Waals surface area contributed by atoms with Crippen LogP contribution in [0.4, 0.5) is 0 Å². The molecule has 3 unspecified atom stereocenters. The van der Waals surface area contributed by atoms with Crippen molar-refractivity contribution in [1.82, 2.24) is 0 Å². The SMILES string of the molecule is CCOC(=O)C1(C2CCCCCC2O)COCCC1=O. The van der Waals surface area contributed by atoms with Gasteiger partial charge in [0, 0.05) is 12.3 Å². The van der Waals surface area contributed by atoms with Crippen LogP contribution in [0.1, 0.15) is 45.4 Å². The zero-order chi connectivity index (χ0) is 14.6. The maximum Gasteiger partial charge on any atom is 0.322 e. The summed E-state index contributed by atoms with van der Waals surface area (Å²) in [6, 6.07) is 0. The number of hydrogen-bond acceptors (Lipinski definition) is 5. The van der Waals surface area contributed by atoms with E-state index in [1.165, 1.54) is 0 Å². The Hall–Kier alpha value is -0.940. The van der Waals surface area contributed by atoms with Gasteiger partial charge in [0.05, 0.1) is 25.9 Å². The number of esters is 1. The number of hydrogen-bond donors (Lipinski definition) is 1. The summed E-state index contributed by atoms with van der Waals surface area (Å²) in [4.78, 5) is 25.0. The standard InChI is InChI=1S/C15H24O5/c1-2-20-14(18)15(10-19-9-8-13(15)17)11-6-4-3-5-7-12(11)16/h11-12,16H,2-10H2,1H3. The van der Waals surface area contributed by atoms with Gasteiger partial charge in [0.1, 0.15) is 0 Å². The highest BCUT2D eigenvalue weighted by Gasteiger charge is 2.56. The number of Topliss-reactive ketones (excluding diaryl/α,β-unsaturated/α-hetero) is 1. The fraction of sp³-hybridized carbons (Fsp3) is 0.867. The molecule has 0 radical (unpaired) electrons. The van der Waals surface area contributed by atoms with Crippen molar-refractivity contribution >= 4 is 11.8 Å². The first-order chi connectivity index (χ1) is 9.63. The molecule has 0 bridgehead atoms. The third kappa shape index (κ3) is 2.74. The lowest BCUT2D eigenvalue weighted by Gasteiger charge is -2.41. The van der Waals surface area contributed by atoms with Crippen molar-refractivity contribution in [2.45, 2.75) is 51.6 Å². The van der Waals surface area contributed by atoms with E-state index in [0.29, 0.717) is 19.4 Å². The van der Waals surface area contributed by atoms with Crippen molar-refractivity contribution in [3.63, 3.8) is 0 Å². The van der Waals surface area contributed by atoms with E-state index in [4.69, 9.17) is 9.47 Å². The Morgan fingerprint density at radius 2 is 2.15 bits per heavy atom. The van der Waals surface area contributed by atoms with Crippen LogP contribution in [-0.4, -0.2) is 42.8 Å². The molecule has 1 heterocycles. The number of carbonyl (C=O) groups excluding carboxylic acids is 2. The van der Waals surface area contributed by atoms with Gasteiger partial charge in [-0.1, -0.05) is 19.3 Å². The highest BCUT2D eigenvalue weighted by Crippen LogP contribution is 2.42. The molecule has 2 rings (SSSR count). The summed E-state index contributed by atoms with van der Waals surface area (Å²) in [5.41, 5.74) is -1.29. The molecule has 3 atom stereocenters. The summed E-state index contributed by atoms with van der Waals surface area (Å²) in [5, 5.41) is 10.4. The fourth-order valence-electron chi connectivity index (χ4n) is 3.46.